The van der Waals surface area contributed by atoms with Crippen LogP contribution in [-0.2, 0) is 17.9 Å². The standard InChI is InChI=1S/C16H17NO4/c1-12-4-6-13(7-5-12)11-21-14-3-2-9-17(16(14)20)10-8-15(18)19/h2-7,9H,8,10-11H2,1H3,(H,18,19). The van der Waals surface area contributed by atoms with Crippen molar-refractivity contribution >= 4 is 5.97 Å². The van der Waals surface area contributed by atoms with Crippen molar-refractivity contribution < 1.29 is 14.6 Å². The number of aliphatic carboxylic acids is 1. The number of rotatable bonds is 6. The van der Waals surface area contributed by atoms with Gasteiger partial charge in [0.15, 0.2) is 5.75 Å². The molecule has 21 heavy (non-hydrogen) atoms. The van der Waals surface area contributed by atoms with E-state index < -0.39 is 5.97 Å². The van der Waals surface area contributed by atoms with Gasteiger partial charge < -0.3 is 14.4 Å². The quantitative estimate of drug-likeness (QED) is 0.884. The minimum Gasteiger partial charge on any atom is -0.483 e. The third-order valence-electron chi connectivity index (χ3n) is 3.07. The van der Waals surface area contributed by atoms with Crippen molar-refractivity contribution in [2.24, 2.45) is 0 Å². The first-order valence-electron chi connectivity index (χ1n) is 6.66. The van der Waals surface area contributed by atoms with Crippen LogP contribution < -0.4 is 10.3 Å². The molecule has 0 aliphatic heterocycles. The van der Waals surface area contributed by atoms with Crippen molar-refractivity contribution in [2.75, 3.05) is 0 Å². The van der Waals surface area contributed by atoms with Gasteiger partial charge in [0.05, 0.1) is 6.42 Å². The van der Waals surface area contributed by atoms with Gasteiger partial charge in [-0.3, -0.25) is 9.59 Å². The molecule has 0 fully saturated rings. The molecule has 0 bridgehead atoms. The SMILES string of the molecule is Cc1ccc(COc2cccn(CCC(=O)O)c2=O)cc1. The largest absolute Gasteiger partial charge is 0.483 e. The van der Waals surface area contributed by atoms with Crippen molar-refractivity contribution in [3.05, 3.63) is 64.1 Å². The molecule has 5 nitrogen and oxygen atoms in total. The molecule has 0 spiro atoms. The van der Waals surface area contributed by atoms with Gasteiger partial charge in [-0.05, 0) is 24.6 Å². The molecule has 0 amide bonds. The third-order valence-corrected chi connectivity index (χ3v) is 3.07. The molecule has 1 N–H and O–H groups in total. The van der Waals surface area contributed by atoms with Crippen LogP contribution in [0.4, 0.5) is 0 Å². The molecular weight excluding hydrogens is 270 g/mol. The number of benzene rings is 1. The average Bonchev–Trinajstić information content (AvgIpc) is 2.46. The van der Waals surface area contributed by atoms with Gasteiger partial charge in [0.1, 0.15) is 6.61 Å². The summed E-state index contributed by atoms with van der Waals surface area (Å²) < 4.78 is 6.88. The first-order chi connectivity index (χ1) is 10.1. The second-order valence-corrected chi connectivity index (χ2v) is 4.79. The molecule has 5 heteroatoms. The Kier molecular flexibility index (Phi) is 4.77. The number of hydrogen-bond acceptors (Lipinski definition) is 3. The van der Waals surface area contributed by atoms with E-state index in [1.807, 2.05) is 31.2 Å². The minimum atomic E-state index is -0.937. The fourth-order valence-electron chi connectivity index (χ4n) is 1.86. The number of hydrogen-bond donors (Lipinski definition) is 1. The summed E-state index contributed by atoms with van der Waals surface area (Å²) in [4.78, 5) is 22.7. The molecule has 110 valence electrons. The lowest BCUT2D eigenvalue weighted by atomic mass is 10.2. The summed E-state index contributed by atoms with van der Waals surface area (Å²) in [6.07, 6.45) is 1.46. The highest BCUT2D eigenvalue weighted by molar-refractivity contribution is 5.66. The molecule has 1 aromatic heterocycles. The monoisotopic (exact) mass is 287 g/mol. The Hall–Kier alpha value is -2.56. The van der Waals surface area contributed by atoms with E-state index in [0.717, 1.165) is 11.1 Å². The Bertz CT molecular complexity index is 673. The van der Waals surface area contributed by atoms with Crippen LogP contribution in [0.5, 0.6) is 5.75 Å². The van der Waals surface area contributed by atoms with E-state index in [0.29, 0.717) is 6.61 Å². The zero-order valence-electron chi connectivity index (χ0n) is 11.8. The van der Waals surface area contributed by atoms with Crippen molar-refractivity contribution in [1.82, 2.24) is 4.57 Å². The van der Waals surface area contributed by atoms with Gasteiger partial charge in [0.25, 0.3) is 5.56 Å². The highest BCUT2D eigenvalue weighted by atomic mass is 16.5. The van der Waals surface area contributed by atoms with E-state index in [2.05, 4.69) is 0 Å². The number of carboxylic acids is 1. The molecule has 2 aromatic rings. The second kappa shape index (κ2) is 6.74. The number of aromatic nitrogens is 1. The smallest absolute Gasteiger partial charge is 0.305 e. The van der Waals surface area contributed by atoms with Crippen LogP contribution in [0.1, 0.15) is 17.5 Å². The Morgan fingerprint density at radius 3 is 2.62 bits per heavy atom. The van der Waals surface area contributed by atoms with Crippen molar-refractivity contribution in [1.29, 1.82) is 0 Å². The van der Waals surface area contributed by atoms with Gasteiger partial charge in [0, 0.05) is 12.7 Å². The van der Waals surface area contributed by atoms with E-state index in [1.54, 1.807) is 18.3 Å². The van der Waals surface area contributed by atoms with E-state index in [1.165, 1.54) is 4.57 Å². The average molecular weight is 287 g/mol. The number of carbonyl (C=O) groups is 1. The van der Waals surface area contributed by atoms with E-state index >= 15 is 0 Å². The summed E-state index contributed by atoms with van der Waals surface area (Å²) in [6.45, 7) is 2.44. The Morgan fingerprint density at radius 1 is 1.24 bits per heavy atom. The highest BCUT2D eigenvalue weighted by Gasteiger charge is 2.06. The Balaban J connectivity index is 2.06. The fourth-order valence-corrected chi connectivity index (χ4v) is 1.86. The molecule has 0 saturated heterocycles. The topological polar surface area (TPSA) is 68.5 Å². The van der Waals surface area contributed by atoms with E-state index in [9.17, 15) is 9.59 Å². The Morgan fingerprint density at radius 2 is 1.95 bits per heavy atom. The van der Waals surface area contributed by atoms with Crippen LogP contribution in [0.25, 0.3) is 0 Å². The molecule has 1 aromatic carbocycles. The lowest BCUT2D eigenvalue weighted by Crippen LogP contribution is -2.22. The zero-order valence-corrected chi connectivity index (χ0v) is 11.8. The fraction of sp³-hybridized carbons (Fsp3) is 0.250. The molecule has 0 radical (unpaired) electrons. The van der Waals surface area contributed by atoms with Gasteiger partial charge >= 0.3 is 5.97 Å². The molecule has 0 aliphatic rings. The first-order valence-corrected chi connectivity index (χ1v) is 6.66. The Labute approximate surface area is 122 Å². The van der Waals surface area contributed by atoms with Crippen LogP contribution in [0.15, 0.2) is 47.4 Å². The third kappa shape index (κ3) is 4.21. The van der Waals surface area contributed by atoms with Crippen LogP contribution in [0.2, 0.25) is 0 Å². The number of aryl methyl sites for hydroxylation is 2. The number of ether oxygens (including phenoxy) is 1. The molecule has 2 rings (SSSR count). The van der Waals surface area contributed by atoms with Crippen LogP contribution in [-0.4, -0.2) is 15.6 Å². The molecule has 0 unspecified atom stereocenters. The summed E-state index contributed by atoms with van der Waals surface area (Å²) in [5, 5.41) is 8.66. The maximum atomic E-state index is 12.1. The zero-order chi connectivity index (χ0) is 15.2. The second-order valence-electron chi connectivity index (χ2n) is 4.79. The lowest BCUT2D eigenvalue weighted by Gasteiger charge is -2.09. The summed E-state index contributed by atoms with van der Waals surface area (Å²) in [5.41, 5.74) is 1.82. The maximum absolute atomic E-state index is 12.1. The lowest BCUT2D eigenvalue weighted by molar-refractivity contribution is -0.137. The number of carboxylic acid groups (broad SMARTS) is 1. The van der Waals surface area contributed by atoms with Gasteiger partial charge in [-0.1, -0.05) is 29.8 Å². The minimum absolute atomic E-state index is 0.0959. The van der Waals surface area contributed by atoms with Gasteiger partial charge in [-0.2, -0.15) is 0 Å². The summed E-state index contributed by atoms with van der Waals surface area (Å²) in [5.74, 6) is -0.712. The summed E-state index contributed by atoms with van der Waals surface area (Å²) in [7, 11) is 0. The molecule has 1 heterocycles. The molecule has 0 aliphatic carbocycles. The van der Waals surface area contributed by atoms with Crippen LogP contribution in [0.3, 0.4) is 0 Å². The summed E-state index contributed by atoms with van der Waals surface area (Å²) in [6, 6.07) is 11.1. The van der Waals surface area contributed by atoms with Gasteiger partial charge in [-0.15, -0.1) is 0 Å². The normalized spacial score (nSPS) is 10.3. The summed E-state index contributed by atoms with van der Waals surface area (Å²) >= 11 is 0. The predicted molar refractivity (Wildman–Crippen MR) is 78.5 cm³/mol. The van der Waals surface area contributed by atoms with Crippen LogP contribution in [0, 0.1) is 6.92 Å². The first kappa shape index (κ1) is 14.8. The van der Waals surface area contributed by atoms with Gasteiger partial charge in [0.2, 0.25) is 0 Å². The van der Waals surface area contributed by atoms with Crippen LogP contribution >= 0.6 is 0 Å². The van der Waals surface area contributed by atoms with Gasteiger partial charge in [-0.25, -0.2) is 0 Å². The number of nitrogens with zero attached hydrogens (tertiary/aromatic N) is 1. The molecular formula is C16H17NO4. The van der Waals surface area contributed by atoms with Crippen molar-refractivity contribution in [2.45, 2.75) is 26.5 Å². The number of pyridine rings is 1. The maximum Gasteiger partial charge on any atom is 0.305 e. The predicted octanol–water partition coefficient (Wildman–Crippen LogP) is 2.21. The molecule has 0 atom stereocenters. The van der Waals surface area contributed by atoms with Crippen molar-refractivity contribution in [3.8, 4) is 5.75 Å². The van der Waals surface area contributed by atoms with E-state index in [-0.39, 0.29) is 24.3 Å². The van der Waals surface area contributed by atoms with E-state index in [4.69, 9.17) is 9.84 Å². The highest BCUT2D eigenvalue weighted by Crippen LogP contribution is 2.08. The van der Waals surface area contributed by atoms with Crippen molar-refractivity contribution in [3.63, 3.8) is 0 Å². The molecule has 0 saturated carbocycles.